The van der Waals surface area contributed by atoms with E-state index in [1.807, 2.05) is 0 Å². The molecule has 32 heavy (non-hydrogen) atoms. The van der Waals surface area contributed by atoms with E-state index in [0.717, 1.165) is 5.57 Å². The van der Waals surface area contributed by atoms with Crippen molar-refractivity contribution in [3.05, 3.63) is 114 Å². The summed E-state index contributed by atoms with van der Waals surface area (Å²) in [6.07, 6.45) is 6.42. The van der Waals surface area contributed by atoms with Crippen LogP contribution in [0.1, 0.15) is 49.3 Å². The van der Waals surface area contributed by atoms with Crippen molar-refractivity contribution in [2.45, 2.75) is 39.0 Å². The third kappa shape index (κ3) is 4.18. The Kier molecular flexibility index (Phi) is 5.77. The van der Waals surface area contributed by atoms with Gasteiger partial charge in [0.15, 0.2) is 0 Å². The Morgan fingerprint density at radius 2 is 1.12 bits per heavy atom. The first kappa shape index (κ1) is 20.5. The Labute approximate surface area is 191 Å². The zero-order valence-corrected chi connectivity index (χ0v) is 18.9. The summed E-state index contributed by atoms with van der Waals surface area (Å²) in [5.41, 5.74) is 4.89. The van der Waals surface area contributed by atoms with Gasteiger partial charge in [0.25, 0.3) is 0 Å². The van der Waals surface area contributed by atoms with Crippen LogP contribution in [-0.2, 0) is 6.42 Å². The average Bonchev–Trinajstić information content (AvgIpc) is 2.84. The number of benzene rings is 5. The predicted octanol–water partition coefficient (Wildman–Crippen LogP) is 9.33. The highest BCUT2D eigenvalue weighted by Gasteiger charge is 2.07. The zero-order valence-electron chi connectivity index (χ0n) is 18.9. The first-order valence-electron chi connectivity index (χ1n) is 11.9. The summed E-state index contributed by atoms with van der Waals surface area (Å²) in [6.45, 7) is 6.71. The van der Waals surface area contributed by atoms with Crippen LogP contribution in [0.3, 0.4) is 0 Å². The van der Waals surface area contributed by atoms with Gasteiger partial charge < -0.3 is 0 Å². The number of hydrogen-bond donors (Lipinski definition) is 0. The van der Waals surface area contributed by atoms with Crippen LogP contribution in [-0.4, -0.2) is 0 Å². The van der Waals surface area contributed by atoms with Crippen molar-refractivity contribution in [3.8, 4) is 0 Å². The van der Waals surface area contributed by atoms with E-state index in [-0.39, 0.29) is 0 Å². The Hall–Kier alpha value is -3.38. The molecule has 0 heterocycles. The lowest BCUT2D eigenvalue weighted by Crippen LogP contribution is -1.89. The maximum absolute atomic E-state index is 4.45. The van der Waals surface area contributed by atoms with Crippen molar-refractivity contribution < 1.29 is 0 Å². The molecule has 5 aromatic carbocycles. The van der Waals surface area contributed by atoms with E-state index in [1.165, 1.54) is 81.1 Å². The molecule has 0 aliphatic rings. The molecule has 0 radical (unpaired) electrons. The molecular formula is C32H30. The SMILES string of the molecule is C=C(c1ccc2cc(CCCCCC)ccc2c1)c1ccc2cc3ccccc3cc2c1. The molecule has 0 amide bonds. The minimum Gasteiger partial charge on any atom is -0.0906 e. The van der Waals surface area contributed by atoms with E-state index in [4.69, 9.17) is 0 Å². The van der Waals surface area contributed by atoms with Crippen molar-refractivity contribution in [3.63, 3.8) is 0 Å². The molecule has 0 bridgehead atoms. The summed E-state index contributed by atoms with van der Waals surface area (Å²) >= 11 is 0. The smallest absolute Gasteiger partial charge is 0.0171 e. The fourth-order valence-electron chi connectivity index (χ4n) is 4.69. The van der Waals surface area contributed by atoms with Crippen molar-refractivity contribution in [1.82, 2.24) is 0 Å². The van der Waals surface area contributed by atoms with E-state index in [9.17, 15) is 0 Å². The molecule has 158 valence electrons. The molecule has 0 N–H and O–H groups in total. The molecule has 0 heteroatoms. The number of rotatable bonds is 7. The zero-order chi connectivity index (χ0) is 21.9. The first-order chi connectivity index (χ1) is 15.7. The Morgan fingerprint density at radius 3 is 1.84 bits per heavy atom. The number of unbranched alkanes of at least 4 members (excludes halogenated alkanes) is 3. The number of aryl methyl sites for hydroxylation is 1. The first-order valence-corrected chi connectivity index (χ1v) is 11.9. The maximum atomic E-state index is 4.45. The molecular weight excluding hydrogens is 384 g/mol. The quantitative estimate of drug-likeness (QED) is 0.184. The normalized spacial score (nSPS) is 11.4. The van der Waals surface area contributed by atoms with E-state index in [2.05, 4.69) is 104 Å². The van der Waals surface area contributed by atoms with E-state index in [0.29, 0.717) is 0 Å². The summed E-state index contributed by atoms with van der Waals surface area (Å²) in [5, 5.41) is 7.69. The van der Waals surface area contributed by atoms with Gasteiger partial charge in [-0.15, -0.1) is 0 Å². The van der Waals surface area contributed by atoms with Gasteiger partial charge in [-0.05, 0) is 91.7 Å². The second kappa shape index (κ2) is 9.01. The van der Waals surface area contributed by atoms with Gasteiger partial charge in [-0.1, -0.05) is 99.5 Å². The fraction of sp³-hybridized carbons (Fsp3) is 0.188. The molecule has 0 aliphatic carbocycles. The molecule has 0 atom stereocenters. The lowest BCUT2D eigenvalue weighted by molar-refractivity contribution is 0.667. The van der Waals surface area contributed by atoms with E-state index >= 15 is 0 Å². The summed E-state index contributed by atoms with van der Waals surface area (Å²) < 4.78 is 0. The fourth-order valence-corrected chi connectivity index (χ4v) is 4.69. The van der Waals surface area contributed by atoms with Crippen LogP contribution in [0.4, 0.5) is 0 Å². The van der Waals surface area contributed by atoms with Crippen LogP contribution >= 0.6 is 0 Å². The Morgan fingerprint density at radius 1 is 0.562 bits per heavy atom. The second-order valence-electron chi connectivity index (χ2n) is 8.95. The highest BCUT2D eigenvalue weighted by atomic mass is 14.1. The number of fused-ring (bicyclic) bond motifs is 3. The molecule has 0 nitrogen and oxygen atoms in total. The topological polar surface area (TPSA) is 0 Å². The minimum absolute atomic E-state index is 1.07. The summed E-state index contributed by atoms with van der Waals surface area (Å²) in [7, 11) is 0. The van der Waals surface area contributed by atoms with Crippen LogP contribution in [0.15, 0.2) is 97.6 Å². The molecule has 0 unspecified atom stereocenters. The van der Waals surface area contributed by atoms with E-state index in [1.54, 1.807) is 0 Å². The Bertz CT molecular complexity index is 1420. The van der Waals surface area contributed by atoms with Gasteiger partial charge in [0.1, 0.15) is 0 Å². The minimum atomic E-state index is 1.07. The third-order valence-corrected chi connectivity index (χ3v) is 6.63. The largest absolute Gasteiger partial charge is 0.0906 e. The predicted molar refractivity (Wildman–Crippen MR) is 141 cm³/mol. The molecule has 5 rings (SSSR count). The van der Waals surface area contributed by atoms with Gasteiger partial charge in [0.05, 0.1) is 0 Å². The molecule has 0 spiro atoms. The van der Waals surface area contributed by atoms with Crippen LogP contribution in [0.25, 0.3) is 37.9 Å². The summed E-state index contributed by atoms with van der Waals surface area (Å²) in [4.78, 5) is 0. The van der Waals surface area contributed by atoms with Crippen LogP contribution in [0.5, 0.6) is 0 Å². The monoisotopic (exact) mass is 414 g/mol. The van der Waals surface area contributed by atoms with Gasteiger partial charge in [-0.25, -0.2) is 0 Å². The van der Waals surface area contributed by atoms with Crippen molar-refractivity contribution >= 4 is 37.9 Å². The van der Waals surface area contributed by atoms with Crippen molar-refractivity contribution in [2.75, 3.05) is 0 Å². The second-order valence-corrected chi connectivity index (χ2v) is 8.95. The van der Waals surface area contributed by atoms with Gasteiger partial charge in [-0.3, -0.25) is 0 Å². The third-order valence-electron chi connectivity index (χ3n) is 6.63. The molecule has 0 aromatic heterocycles. The van der Waals surface area contributed by atoms with Crippen LogP contribution < -0.4 is 0 Å². The molecule has 0 saturated carbocycles. The van der Waals surface area contributed by atoms with Gasteiger partial charge in [0.2, 0.25) is 0 Å². The van der Waals surface area contributed by atoms with Gasteiger partial charge in [-0.2, -0.15) is 0 Å². The molecule has 0 saturated heterocycles. The van der Waals surface area contributed by atoms with Crippen molar-refractivity contribution in [1.29, 1.82) is 0 Å². The van der Waals surface area contributed by atoms with Gasteiger partial charge >= 0.3 is 0 Å². The summed E-state index contributed by atoms with van der Waals surface area (Å²) in [6, 6.07) is 33.5. The highest BCUT2D eigenvalue weighted by Crippen LogP contribution is 2.30. The van der Waals surface area contributed by atoms with E-state index < -0.39 is 0 Å². The Balaban J connectivity index is 1.42. The summed E-state index contributed by atoms with van der Waals surface area (Å²) in [5.74, 6) is 0. The average molecular weight is 415 g/mol. The lowest BCUT2D eigenvalue weighted by Gasteiger charge is -2.11. The number of hydrogen-bond acceptors (Lipinski definition) is 0. The van der Waals surface area contributed by atoms with Crippen LogP contribution in [0.2, 0.25) is 0 Å². The van der Waals surface area contributed by atoms with Gasteiger partial charge in [0, 0.05) is 0 Å². The maximum Gasteiger partial charge on any atom is -0.0171 e. The molecule has 0 fully saturated rings. The molecule has 0 aliphatic heterocycles. The van der Waals surface area contributed by atoms with Crippen LogP contribution in [0, 0.1) is 0 Å². The van der Waals surface area contributed by atoms with Crippen molar-refractivity contribution in [2.24, 2.45) is 0 Å². The lowest BCUT2D eigenvalue weighted by atomic mass is 9.93. The highest BCUT2D eigenvalue weighted by molar-refractivity contribution is 6.00. The standard InChI is InChI=1S/C32H30/c1-3-4-5-6-9-24-12-13-30-19-25(14-16-29(30)18-24)23(2)26-15-17-31-21-27-10-7-8-11-28(27)22-32(31)20-26/h7-8,10-22H,2-6,9H2,1H3. The molecule has 5 aromatic rings.